The van der Waals surface area contributed by atoms with Gasteiger partial charge in [0.05, 0.1) is 23.0 Å². The molecule has 6 heteroatoms. The fourth-order valence-corrected chi connectivity index (χ4v) is 2.22. The Hall–Kier alpha value is -1.07. The molecule has 0 unspecified atom stereocenters. The van der Waals surface area contributed by atoms with Gasteiger partial charge in [0.2, 0.25) is 5.91 Å². The lowest BCUT2D eigenvalue weighted by molar-refractivity contribution is -0.121. The third-order valence-corrected chi connectivity index (χ3v) is 4.04. The number of aryl methyl sites for hydroxylation is 2. The average molecular weight is 301 g/mol. The summed E-state index contributed by atoms with van der Waals surface area (Å²) in [6.07, 6.45) is 0.427. The van der Waals surface area contributed by atoms with Crippen molar-refractivity contribution in [2.45, 2.75) is 40.7 Å². The van der Waals surface area contributed by atoms with E-state index >= 15 is 0 Å². The molecule has 0 fully saturated rings. The largest absolute Gasteiger partial charge is 0.355 e. The van der Waals surface area contributed by atoms with Gasteiger partial charge >= 0.3 is 0 Å². The van der Waals surface area contributed by atoms with E-state index in [0.29, 0.717) is 24.5 Å². The lowest BCUT2D eigenvalue weighted by Gasteiger charge is -2.17. The van der Waals surface area contributed by atoms with Gasteiger partial charge in [0.25, 0.3) is 0 Å². The van der Waals surface area contributed by atoms with E-state index in [9.17, 15) is 4.79 Å². The minimum Gasteiger partial charge on any atom is -0.355 e. The molecule has 1 amide bonds. The van der Waals surface area contributed by atoms with E-state index in [1.165, 1.54) is 0 Å². The Bertz CT molecular complexity index is 441. The Labute approximate surface area is 126 Å². The summed E-state index contributed by atoms with van der Waals surface area (Å²) in [5, 5.41) is 7.94. The van der Waals surface area contributed by atoms with Gasteiger partial charge in [-0.3, -0.25) is 9.48 Å². The molecule has 114 valence electrons. The minimum absolute atomic E-state index is 0.0563. The highest BCUT2D eigenvalue weighted by molar-refractivity contribution is 6.31. The summed E-state index contributed by atoms with van der Waals surface area (Å²) in [7, 11) is 0. The van der Waals surface area contributed by atoms with Crippen LogP contribution in [0.3, 0.4) is 0 Å². The van der Waals surface area contributed by atoms with Crippen LogP contribution in [0, 0.1) is 13.8 Å². The first-order chi connectivity index (χ1) is 9.49. The van der Waals surface area contributed by atoms with Crippen LogP contribution in [-0.2, 0) is 11.3 Å². The summed E-state index contributed by atoms with van der Waals surface area (Å²) < 4.78 is 1.79. The van der Waals surface area contributed by atoms with E-state index < -0.39 is 0 Å². The standard InChI is InChI=1S/C14H25ClN4O/c1-5-18(6-2)10-8-16-13(20)7-9-19-12(4)14(15)11(3)17-19/h5-10H2,1-4H3,(H,16,20). The number of nitrogens with zero attached hydrogens (tertiary/aromatic N) is 3. The minimum atomic E-state index is 0.0563. The first kappa shape index (κ1) is 17.0. The fraction of sp³-hybridized carbons (Fsp3) is 0.714. The van der Waals surface area contributed by atoms with E-state index in [-0.39, 0.29) is 5.91 Å². The van der Waals surface area contributed by atoms with Gasteiger partial charge in [0, 0.05) is 19.5 Å². The van der Waals surface area contributed by atoms with Crippen LogP contribution >= 0.6 is 11.6 Å². The quantitative estimate of drug-likeness (QED) is 0.799. The number of carbonyl (C=O) groups excluding carboxylic acids is 1. The van der Waals surface area contributed by atoms with Gasteiger partial charge in [-0.1, -0.05) is 25.4 Å². The van der Waals surface area contributed by atoms with Crippen molar-refractivity contribution >= 4 is 17.5 Å². The number of aromatic nitrogens is 2. The van der Waals surface area contributed by atoms with Gasteiger partial charge in [0.1, 0.15) is 0 Å². The van der Waals surface area contributed by atoms with Crippen LogP contribution in [-0.4, -0.2) is 46.8 Å². The van der Waals surface area contributed by atoms with Crippen LogP contribution in [0.25, 0.3) is 0 Å². The lowest BCUT2D eigenvalue weighted by Crippen LogP contribution is -2.35. The number of hydrogen-bond acceptors (Lipinski definition) is 3. The molecule has 1 aromatic heterocycles. The van der Waals surface area contributed by atoms with Gasteiger partial charge in [-0.15, -0.1) is 0 Å². The molecule has 0 aromatic carbocycles. The topological polar surface area (TPSA) is 50.2 Å². The van der Waals surface area contributed by atoms with Gasteiger partial charge in [0.15, 0.2) is 0 Å². The molecule has 0 radical (unpaired) electrons. The molecule has 1 rings (SSSR count). The zero-order valence-corrected chi connectivity index (χ0v) is 13.6. The van der Waals surface area contributed by atoms with Crippen molar-refractivity contribution in [3.8, 4) is 0 Å². The zero-order valence-electron chi connectivity index (χ0n) is 12.9. The number of halogens is 1. The molecule has 1 N–H and O–H groups in total. The van der Waals surface area contributed by atoms with Crippen molar-refractivity contribution in [3.63, 3.8) is 0 Å². The molecular weight excluding hydrogens is 276 g/mol. The predicted octanol–water partition coefficient (Wildman–Crippen LogP) is 2.00. The van der Waals surface area contributed by atoms with Crippen molar-refractivity contribution in [1.29, 1.82) is 0 Å². The lowest BCUT2D eigenvalue weighted by atomic mass is 10.3. The molecule has 20 heavy (non-hydrogen) atoms. The molecular formula is C14H25ClN4O. The Morgan fingerprint density at radius 1 is 1.35 bits per heavy atom. The zero-order chi connectivity index (χ0) is 15.1. The maximum atomic E-state index is 11.8. The van der Waals surface area contributed by atoms with Crippen molar-refractivity contribution < 1.29 is 4.79 Å². The Morgan fingerprint density at radius 2 is 2.00 bits per heavy atom. The first-order valence-electron chi connectivity index (χ1n) is 7.18. The van der Waals surface area contributed by atoms with Crippen LogP contribution in [0.5, 0.6) is 0 Å². The van der Waals surface area contributed by atoms with Gasteiger partial charge in [-0.05, 0) is 26.9 Å². The Balaban J connectivity index is 2.31. The third-order valence-electron chi connectivity index (χ3n) is 3.49. The van der Waals surface area contributed by atoms with E-state index in [2.05, 4.69) is 29.2 Å². The van der Waals surface area contributed by atoms with Gasteiger partial charge < -0.3 is 10.2 Å². The van der Waals surface area contributed by atoms with E-state index in [4.69, 9.17) is 11.6 Å². The summed E-state index contributed by atoms with van der Waals surface area (Å²) in [5.74, 6) is 0.0563. The SMILES string of the molecule is CCN(CC)CCNC(=O)CCn1nc(C)c(Cl)c1C. The molecule has 0 aliphatic carbocycles. The van der Waals surface area contributed by atoms with Crippen molar-refractivity contribution in [2.75, 3.05) is 26.2 Å². The number of carbonyl (C=O) groups is 1. The molecule has 0 bridgehead atoms. The number of nitrogens with one attached hydrogen (secondary N) is 1. The molecule has 1 heterocycles. The number of rotatable bonds is 8. The second-order valence-electron chi connectivity index (χ2n) is 4.83. The van der Waals surface area contributed by atoms with Crippen LogP contribution in [0.4, 0.5) is 0 Å². The smallest absolute Gasteiger partial charge is 0.221 e. The summed E-state index contributed by atoms with van der Waals surface area (Å²) in [5.41, 5.74) is 1.73. The molecule has 0 aliphatic rings. The molecule has 5 nitrogen and oxygen atoms in total. The number of likely N-dealkylation sites (N-methyl/N-ethyl adjacent to an activating group) is 1. The van der Waals surface area contributed by atoms with E-state index in [1.54, 1.807) is 4.68 Å². The van der Waals surface area contributed by atoms with Gasteiger partial charge in [-0.2, -0.15) is 5.10 Å². The highest BCUT2D eigenvalue weighted by Crippen LogP contribution is 2.18. The summed E-state index contributed by atoms with van der Waals surface area (Å²) >= 11 is 6.07. The maximum Gasteiger partial charge on any atom is 0.221 e. The molecule has 0 saturated carbocycles. The molecule has 0 spiro atoms. The van der Waals surface area contributed by atoms with Crippen LogP contribution in [0.2, 0.25) is 5.02 Å². The summed E-state index contributed by atoms with van der Waals surface area (Å²) in [4.78, 5) is 14.1. The molecule has 0 aliphatic heterocycles. The first-order valence-corrected chi connectivity index (χ1v) is 7.55. The van der Waals surface area contributed by atoms with E-state index in [0.717, 1.165) is 31.0 Å². The number of hydrogen-bond donors (Lipinski definition) is 1. The van der Waals surface area contributed by atoms with Crippen LogP contribution in [0.1, 0.15) is 31.7 Å². The molecule has 1 aromatic rings. The highest BCUT2D eigenvalue weighted by atomic mass is 35.5. The average Bonchev–Trinajstić information content (AvgIpc) is 2.68. The monoisotopic (exact) mass is 300 g/mol. The Morgan fingerprint density at radius 3 is 2.50 bits per heavy atom. The van der Waals surface area contributed by atoms with Crippen LogP contribution in [0.15, 0.2) is 0 Å². The summed E-state index contributed by atoms with van der Waals surface area (Å²) in [6, 6.07) is 0. The van der Waals surface area contributed by atoms with Gasteiger partial charge in [-0.25, -0.2) is 0 Å². The normalized spacial score (nSPS) is 11.1. The highest BCUT2D eigenvalue weighted by Gasteiger charge is 2.10. The van der Waals surface area contributed by atoms with Crippen molar-refractivity contribution in [3.05, 3.63) is 16.4 Å². The van der Waals surface area contributed by atoms with Crippen molar-refractivity contribution in [2.24, 2.45) is 0 Å². The van der Waals surface area contributed by atoms with E-state index in [1.807, 2.05) is 13.8 Å². The molecule has 0 saturated heterocycles. The second kappa shape index (κ2) is 8.27. The summed E-state index contributed by atoms with van der Waals surface area (Å²) in [6.45, 7) is 12.2. The van der Waals surface area contributed by atoms with Crippen LogP contribution < -0.4 is 5.32 Å². The maximum absolute atomic E-state index is 11.8. The Kier molecular flexibility index (Phi) is 7.02. The second-order valence-corrected chi connectivity index (χ2v) is 5.21. The predicted molar refractivity (Wildman–Crippen MR) is 82.1 cm³/mol. The molecule has 0 atom stereocenters. The van der Waals surface area contributed by atoms with Crippen molar-refractivity contribution in [1.82, 2.24) is 20.0 Å². The third kappa shape index (κ3) is 4.80. The fourth-order valence-electron chi connectivity index (χ4n) is 2.08. The number of amides is 1.